The van der Waals surface area contributed by atoms with Crippen LogP contribution in [0, 0.1) is 6.92 Å². The van der Waals surface area contributed by atoms with Crippen LogP contribution in [0.5, 0.6) is 0 Å². The molecule has 19 heavy (non-hydrogen) atoms. The Bertz CT molecular complexity index is 445. The molecule has 2 rings (SSSR count). The Hall–Kier alpha value is -1.20. The zero-order valence-corrected chi connectivity index (χ0v) is 12.1. The molecule has 0 radical (unpaired) electrons. The lowest BCUT2D eigenvalue weighted by Crippen LogP contribution is -2.36. The quantitative estimate of drug-likeness (QED) is 0.821. The van der Waals surface area contributed by atoms with Crippen molar-refractivity contribution < 1.29 is 9.53 Å². The van der Waals surface area contributed by atoms with Crippen molar-refractivity contribution in [2.75, 3.05) is 43.5 Å². The van der Waals surface area contributed by atoms with Gasteiger partial charge in [-0.1, -0.05) is 6.07 Å². The van der Waals surface area contributed by atoms with Crippen LogP contribution in [0.15, 0.2) is 18.2 Å². The number of morpholine rings is 1. The van der Waals surface area contributed by atoms with E-state index in [2.05, 4.69) is 29.8 Å². The van der Waals surface area contributed by atoms with Crippen LogP contribution in [0.2, 0.25) is 0 Å². The van der Waals surface area contributed by atoms with E-state index in [0.29, 0.717) is 17.9 Å². The smallest absolute Gasteiger partial charge is 0.251 e. The first-order valence-electron chi connectivity index (χ1n) is 6.55. The van der Waals surface area contributed by atoms with E-state index in [4.69, 9.17) is 4.74 Å². The molecule has 0 atom stereocenters. The summed E-state index contributed by atoms with van der Waals surface area (Å²) in [5.41, 5.74) is 3.02. The molecule has 0 unspecified atom stereocenters. The van der Waals surface area contributed by atoms with Crippen molar-refractivity contribution >= 4 is 24.2 Å². The van der Waals surface area contributed by atoms with Crippen molar-refractivity contribution in [3.05, 3.63) is 29.3 Å². The van der Waals surface area contributed by atoms with E-state index in [1.54, 1.807) is 0 Å². The number of amides is 1. The molecule has 0 bridgehead atoms. The maximum absolute atomic E-state index is 12.0. The zero-order valence-electron chi connectivity index (χ0n) is 11.2. The van der Waals surface area contributed by atoms with E-state index < -0.39 is 0 Å². The number of aryl methyl sites for hydroxylation is 1. The summed E-state index contributed by atoms with van der Waals surface area (Å²) in [7, 11) is 0. The number of nitrogens with one attached hydrogen (secondary N) is 1. The van der Waals surface area contributed by atoms with Gasteiger partial charge in [0.15, 0.2) is 0 Å². The van der Waals surface area contributed by atoms with Gasteiger partial charge in [-0.2, -0.15) is 12.6 Å². The second kappa shape index (κ2) is 6.82. The van der Waals surface area contributed by atoms with Gasteiger partial charge in [0.25, 0.3) is 5.91 Å². The molecule has 1 amide bonds. The van der Waals surface area contributed by atoms with Gasteiger partial charge in [-0.15, -0.1) is 0 Å². The fourth-order valence-electron chi connectivity index (χ4n) is 2.17. The summed E-state index contributed by atoms with van der Waals surface area (Å²) in [4.78, 5) is 14.2. The lowest BCUT2D eigenvalue weighted by Gasteiger charge is -2.30. The first kappa shape index (κ1) is 14.2. The SMILES string of the molecule is Cc1ccc(C(=O)NCCS)cc1N1CCOCC1. The molecule has 1 heterocycles. The standard InChI is InChI=1S/C14H20N2O2S/c1-11-2-3-12(14(17)15-4-9-19)10-13(11)16-5-7-18-8-6-16/h2-3,10,19H,4-9H2,1H3,(H,15,17). The van der Waals surface area contributed by atoms with Crippen LogP contribution in [0.3, 0.4) is 0 Å². The van der Waals surface area contributed by atoms with E-state index in [9.17, 15) is 4.79 Å². The summed E-state index contributed by atoms with van der Waals surface area (Å²) in [5.74, 6) is 0.608. The highest BCUT2D eigenvalue weighted by Gasteiger charge is 2.15. The summed E-state index contributed by atoms with van der Waals surface area (Å²) in [5, 5.41) is 2.84. The van der Waals surface area contributed by atoms with E-state index in [1.165, 1.54) is 5.56 Å². The van der Waals surface area contributed by atoms with E-state index in [-0.39, 0.29) is 5.91 Å². The minimum Gasteiger partial charge on any atom is -0.378 e. The number of benzene rings is 1. The van der Waals surface area contributed by atoms with Gasteiger partial charge in [0, 0.05) is 36.6 Å². The van der Waals surface area contributed by atoms with Gasteiger partial charge in [-0.25, -0.2) is 0 Å². The molecule has 0 spiro atoms. The normalized spacial score (nSPS) is 15.4. The highest BCUT2D eigenvalue weighted by atomic mass is 32.1. The minimum atomic E-state index is -0.0384. The molecule has 0 aliphatic carbocycles. The molecule has 5 heteroatoms. The second-order valence-corrected chi connectivity index (χ2v) is 5.03. The van der Waals surface area contributed by atoms with Gasteiger partial charge in [0.1, 0.15) is 0 Å². The van der Waals surface area contributed by atoms with E-state index in [1.807, 2.05) is 18.2 Å². The summed E-state index contributed by atoms with van der Waals surface area (Å²) in [6.45, 7) is 5.90. The lowest BCUT2D eigenvalue weighted by molar-refractivity contribution is 0.0956. The molecule has 4 nitrogen and oxygen atoms in total. The largest absolute Gasteiger partial charge is 0.378 e. The van der Waals surface area contributed by atoms with Crippen molar-refractivity contribution in [2.45, 2.75) is 6.92 Å². The molecule has 1 fully saturated rings. The van der Waals surface area contributed by atoms with Gasteiger partial charge < -0.3 is 15.0 Å². The molecule has 0 saturated carbocycles. The Balaban J connectivity index is 2.16. The highest BCUT2D eigenvalue weighted by Crippen LogP contribution is 2.22. The average Bonchev–Trinajstić information content (AvgIpc) is 2.46. The monoisotopic (exact) mass is 280 g/mol. The predicted molar refractivity (Wildman–Crippen MR) is 80.4 cm³/mol. The Morgan fingerprint density at radius 3 is 2.84 bits per heavy atom. The maximum Gasteiger partial charge on any atom is 0.251 e. The van der Waals surface area contributed by atoms with Gasteiger partial charge in [-0.3, -0.25) is 4.79 Å². The van der Waals surface area contributed by atoms with Crippen LogP contribution in [-0.4, -0.2) is 44.5 Å². The van der Waals surface area contributed by atoms with Gasteiger partial charge >= 0.3 is 0 Å². The van der Waals surface area contributed by atoms with Crippen LogP contribution < -0.4 is 10.2 Å². The Morgan fingerprint density at radius 2 is 2.16 bits per heavy atom. The minimum absolute atomic E-state index is 0.0384. The molecule has 1 aromatic rings. The van der Waals surface area contributed by atoms with E-state index >= 15 is 0 Å². The first-order chi connectivity index (χ1) is 9.22. The van der Waals surface area contributed by atoms with Crippen molar-refractivity contribution in [2.24, 2.45) is 0 Å². The molecular formula is C14H20N2O2S. The van der Waals surface area contributed by atoms with Crippen molar-refractivity contribution in [3.63, 3.8) is 0 Å². The summed E-state index contributed by atoms with van der Waals surface area (Å²) in [6, 6.07) is 5.84. The number of carbonyl (C=O) groups is 1. The molecule has 1 saturated heterocycles. The number of hydrogen-bond donors (Lipinski definition) is 2. The predicted octanol–water partition coefficient (Wildman–Crippen LogP) is 1.49. The molecule has 104 valence electrons. The van der Waals surface area contributed by atoms with Gasteiger partial charge in [0.2, 0.25) is 0 Å². The Morgan fingerprint density at radius 1 is 1.42 bits per heavy atom. The van der Waals surface area contributed by atoms with E-state index in [0.717, 1.165) is 32.0 Å². The molecule has 1 N–H and O–H groups in total. The third-order valence-electron chi connectivity index (χ3n) is 3.22. The fourth-order valence-corrected chi connectivity index (χ4v) is 2.28. The fraction of sp³-hybridized carbons (Fsp3) is 0.500. The number of ether oxygens (including phenoxy) is 1. The number of carbonyl (C=O) groups excluding carboxylic acids is 1. The summed E-state index contributed by atoms with van der Waals surface area (Å²) in [6.07, 6.45) is 0. The molecule has 1 aliphatic rings. The number of anilines is 1. The third-order valence-corrected chi connectivity index (χ3v) is 3.44. The van der Waals surface area contributed by atoms with Crippen molar-refractivity contribution in [3.8, 4) is 0 Å². The van der Waals surface area contributed by atoms with Crippen LogP contribution in [0.25, 0.3) is 0 Å². The van der Waals surface area contributed by atoms with Crippen LogP contribution in [0.4, 0.5) is 5.69 Å². The third kappa shape index (κ3) is 3.64. The lowest BCUT2D eigenvalue weighted by atomic mass is 10.1. The first-order valence-corrected chi connectivity index (χ1v) is 7.18. The summed E-state index contributed by atoms with van der Waals surface area (Å²) < 4.78 is 5.36. The second-order valence-electron chi connectivity index (χ2n) is 4.58. The highest BCUT2D eigenvalue weighted by molar-refractivity contribution is 7.80. The molecule has 0 aromatic heterocycles. The van der Waals surface area contributed by atoms with Gasteiger partial charge in [-0.05, 0) is 24.6 Å². The molecule has 1 aromatic carbocycles. The zero-order chi connectivity index (χ0) is 13.7. The van der Waals surface area contributed by atoms with Gasteiger partial charge in [0.05, 0.1) is 13.2 Å². The average molecular weight is 280 g/mol. The van der Waals surface area contributed by atoms with Crippen LogP contribution in [0.1, 0.15) is 15.9 Å². The number of rotatable bonds is 4. The maximum atomic E-state index is 12.0. The number of hydrogen-bond acceptors (Lipinski definition) is 4. The Kier molecular flexibility index (Phi) is 5.10. The molecule has 1 aliphatic heterocycles. The van der Waals surface area contributed by atoms with Crippen molar-refractivity contribution in [1.82, 2.24) is 5.32 Å². The molecular weight excluding hydrogens is 260 g/mol. The topological polar surface area (TPSA) is 41.6 Å². The Labute approximate surface area is 119 Å². The summed E-state index contributed by atoms with van der Waals surface area (Å²) >= 11 is 4.09. The van der Waals surface area contributed by atoms with Crippen molar-refractivity contribution in [1.29, 1.82) is 0 Å². The van der Waals surface area contributed by atoms with Crippen LogP contribution >= 0.6 is 12.6 Å². The number of thiol groups is 1. The number of nitrogens with zero attached hydrogens (tertiary/aromatic N) is 1. The van der Waals surface area contributed by atoms with Crippen LogP contribution in [-0.2, 0) is 4.74 Å².